The Bertz CT molecular complexity index is 662. The van der Waals surface area contributed by atoms with E-state index in [4.69, 9.17) is 19.3 Å². The molecule has 0 aliphatic carbocycles. The summed E-state index contributed by atoms with van der Waals surface area (Å²) in [6, 6.07) is 5.83. The Morgan fingerprint density at radius 3 is 2.74 bits per heavy atom. The number of hydrogen-bond donors (Lipinski definition) is 2. The van der Waals surface area contributed by atoms with E-state index in [0.29, 0.717) is 0 Å². The molecule has 2 aromatic rings. The van der Waals surface area contributed by atoms with E-state index in [1.165, 1.54) is 0 Å². The van der Waals surface area contributed by atoms with Gasteiger partial charge in [-0.15, -0.1) is 0 Å². The van der Waals surface area contributed by atoms with Gasteiger partial charge in [0, 0.05) is 18.5 Å². The van der Waals surface area contributed by atoms with Gasteiger partial charge in [0.2, 0.25) is 0 Å². The second-order valence-electron chi connectivity index (χ2n) is 5.41. The number of hydrogen-bond acceptors (Lipinski definition) is 7. The summed E-state index contributed by atoms with van der Waals surface area (Å²) < 4.78 is 10.9. The Labute approximate surface area is 135 Å². The first-order chi connectivity index (χ1) is 11.2. The largest absolute Gasteiger partial charge is 0.494 e. The molecule has 1 aromatic carbocycles. The van der Waals surface area contributed by atoms with Gasteiger partial charge in [-0.25, -0.2) is 9.97 Å². The number of piperidine rings is 1. The van der Waals surface area contributed by atoms with Gasteiger partial charge in [-0.05, 0) is 25.0 Å². The van der Waals surface area contributed by atoms with Crippen LogP contribution in [0.1, 0.15) is 12.8 Å². The molecule has 1 saturated heterocycles. The lowest BCUT2D eigenvalue weighted by Crippen LogP contribution is -2.37. The van der Waals surface area contributed by atoms with E-state index < -0.39 is 8.38 Å². The lowest BCUT2D eigenvalue weighted by molar-refractivity contribution is 0.0622. The van der Waals surface area contributed by atoms with Crippen molar-refractivity contribution in [2.45, 2.75) is 18.9 Å². The molecule has 7 nitrogen and oxygen atoms in total. The van der Waals surface area contributed by atoms with Crippen LogP contribution in [0.25, 0.3) is 10.9 Å². The molecule has 124 valence electrons. The minimum Gasteiger partial charge on any atom is -0.494 e. The highest BCUT2D eigenvalue weighted by Gasteiger charge is 2.23. The monoisotopic (exact) mass is 337 g/mol. The molecular formula is C15H20N3O4P. The summed E-state index contributed by atoms with van der Waals surface area (Å²) in [4.78, 5) is 28.9. The van der Waals surface area contributed by atoms with Crippen LogP contribution in [0.15, 0.2) is 24.5 Å². The van der Waals surface area contributed by atoms with Crippen LogP contribution in [0.4, 0.5) is 5.82 Å². The summed E-state index contributed by atoms with van der Waals surface area (Å²) >= 11 is 0. The Hall–Kier alpha value is -1.53. The zero-order valence-corrected chi connectivity index (χ0v) is 13.8. The molecule has 0 atom stereocenters. The lowest BCUT2D eigenvalue weighted by atomic mass is 10.1. The number of nitrogens with zero attached hydrogens (tertiary/aromatic N) is 3. The van der Waals surface area contributed by atoms with E-state index in [-0.39, 0.29) is 12.5 Å². The van der Waals surface area contributed by atoms with Crippen LogP contribution in [0.3, 0.4) is 0 Å². The molecule has 0 saturated carbocycles. The van der Waals surface area contributed by atoms with E-state index in [9.17, 15) is 0 Å². The summed E-state index contributed by atoms with van der Waals surface area (Å²) in [6.07, 6.45) is 3.32. The molecule has 1 fully saturated rings. The smallest absolute Gasteiger partial charge is 0.192 e. The average molecular weight is 337 g/mol. The van der Waals surface area contributed by atoms with Crippen molar-refractivity contribution in [2.24, 2.45) is 0 Å². The number of methoxy groups -OCH3 is 1. The summed E-state index contributed by atoms with van der Waals surface area (Å²) in [5, 5.41) is 0.973. The zero-order valence-electron chi connectivity index (χ0n) is 12.9. The van der Waals surface area contributed by atoms with Crippen molar-refractivity contribution < 1.29 is 19.3 Å². The molecule has 3 rings (SSSR count). The SMILES string of the molecule is COc1cccc2c(N3CCC(OCP(O)O)CC3)ncnc12. The van der Waals surface area contributed by atoms with Gasteiger partial charge >= 0.3 is 0 Å². The maximum atomic E-state index is 8.94. The van der Waals surface area contributed by atoms with Crippen molar-refractivity contribution in [3.63, 3.8) is 0 Å². The first-order valence-electron chi connectivity index (χ1n) is 7.48. The topological polar surface area (TPSA) is 87.9 Å². The van der Waals surface area contributed by atoms with Gasteiger partial charge in [-0.1, -0.05) is 6.07 Å². The standard InChI is InChI=1S/C15H20N3O4P/c1-21-13-4-2-3-12-14(13)16-9-17-15(12)18-7-5-11(6-8-18)22-10-23(19)20/h2-4,9,11,19-20H,5-8,10H2,1H3. The van der Waals surface area contributed by atoms with Crippen molar-refractivity contribution in [1.29, 1.82) is 0 Å². The fraction of sp³-hybridized carbons (Fsp3) is 0.467. The molecule has 0 radical (unpaired) electrons. The fourth-order valence-electron chi connectivity index (χ4n) is 2.87. The second kappa shape index (κ2) is 7.36. The predicted octanol–water partition coefficient (Wildman–Crippen LogP) is 1.88. The zero-order chi connectivity index (χ0) is 16.2. The van der Waals surface area contributed by atoms with Crippen LogP contribution in [0.2, 0.25) is 0 Å². The summed E-state index contributed by atoms with van der Waals surface area (Å²) in [5.41, 5.74) is 0.810. The normalized spacial score (nSPS) is 16.3. The molecule has 23 heavy (non-hydrogen) atoms. The number of fused-ring (bicyclic) bond motifs is 1. The number of rotatable bonds is 5. The van der Waals surface area contributed by atoms with Crippen LogP contribution in [0, 0.1) is 0 Å². The Morgan fingerprint density at radius 2 is 2.04 bits per heavy atom. The minimum absolute atomic E-state index is 0.0215. The van der Waals surface area contributed by atoms with Crippen LogP contribution in [0.5, 0.6) is 5.75 Å². The Balaban J connectivity index is 1.75. The summed E-state index contributed by atoms with van der Waals surface area (Å²) in [5.74, 6) is 1.64. The highest BCUT2D eigenvalue weighted by Crippen LogP contribution is 2.31. The van der Waals surface area contributed by atoms with Crippen LogP contribution in [-0.4, -0.2) is 52.4 Å². The molecule has 1 aromatic heterocycles. The highest BCUT2D eigenvalue weighted by molar-refractivity contribution is 7.44. The summed E-state index contributed by atoms with van der Waals surface area (Å²) in [7, 11) is -0.344. The third-order valence-corrected chi connectivity index (χ3v) is 4.37. The highest BCUT2D eigenvalue weighted by atomic mass is 31.2. The van der Waals surface area contributed by atoms with E-state index >= 15 is 0 Å². The Kier molecular flexibility index (Phi) is 5.23. The fourth-order valence-corrected chi connectivity index (χ4v) is 3.21. The molecule has 0 unspecified atom stereocenters. The van der Waals surface area contributed by atoms with Gasteiger partial charge < -0.3 is 24.2 Å². The van der Waals surface area contributed by atoms with Crippen molar-refractivity contribution in [2.75, 3.05) is 31.4 Å². The Morgan fingerprint density at radius 1 is 1.26 bits per heavy atom. The third-order valence-electron chi connectivity index (χ3n) is 3.99. The first kappa shape index (κ1) is 16.3. The number of aromatic nitrogens is 2. The number of benzene rings is 1. The maximum absolute atomic E-state index is 8.94. The van der Waals surface area contributed by atoms with Crippen molar-refractivity contribution in [3.8, 4) is 5.75 Å². The van der Waals surface area contributed by atoms with Gasteiger partial charge in [0.25, 0.3) is 0 Å². The molecule has 1 aliphatic heterocycles. The van der Waals surface area contributed by atoms with Gasteiger partial charge in [0.15, 0.2) is 8.38 Å². The summed E-state index contributed by atoms with van der Waals surface area (Å²) in [6.45, 7) is 1.62. The van der Waals surface area contributed by atoms with Gasteiger partial charge in [0.1, 0.15) is 29.8 Å². The molecule has 2 heterocycles. The molecular weight excluding hydrogens is 317 g/mol. The number of ether oxygens (including phenoxy) is 2. The van der Waals surface area contributed by atoms with Crippen LogP contribution < -0.4 is 9.64 Å². The van der Waals surface area contributed by atoms with Gasteiger partial charge in [0.05, 0.1) is 13.2 Å². The predicted molar refractivity (Wildman–Crippen MR) is 88.6 cm³/mol. The van der Waals surface area contributed by atoms with E-state index in [0.717, 1.165) is 48.4 Å². The molecule has 0 amide bonds. The maximum Gasteiger partial charge on any atom is 0.192 e. The van der Waals surface area contributed by atoms with Crippen molar-refractivity contribution >= 4 is 25.1 Å². The number of para-hydroxylation sites is 1. The van der Waals surface area contributed by atoms with Gasteiger partial charge in [-0.3, -0.25) is 0 Å². The number of anilines is 1. The second-order valence-corrected chi connectivity index (χ2v) is 6.41. The first-order valence-corrected chi connectivity index (χ1v) is 8.92. The molecule has 0 spiro atoms. The van der Waals surface area contributed by atoms with E-state index in [1.807, 2.05) is 18.2 Å². The molecule has 2 N–H and O–H groups in total. The van der Waals surface area contributed by atoms with Crippen molar-refractivity contribution in [1.82, 2.24) is 9.97 Å². The van der Waals surface area contributed by atoms with E-state index in [2.05, 4.69) is 14.9 Å². The average Bonchev–Trinajstić information content (AvgIpc) is 2.59. The van der Waals surface area contributed by atoms with Crippen LogP contribution >= 0.6 is 8.38 Å². The quantitative estimate of drug-likeness (QED) is 0.805. The van der Waals surface area contributed by atoms with Crippen molar-refractivity contribution in [3.05, 3.63) is 24.5 Å². The van der Waals surface area contributed by atoms with E-state index in [1.54, 1.807) is 13.4 Å². The molecule has 0 bridgehead atoms. The molecule has 8 heteroatoms. The third kappa shape index (κ3) is 3.70. The van der Waals surface area contributed by atoms with Gasteiger partial charge in [-0.2, -0.15) is 0 Å². The minimum atomic E-state index is -1.98. The van der Waals surface area contributed by atoms with Crippen LogP contribution in [-0.2, 0) is 4.74 Å². The lowest BCUT2D eigenvalue weighted by Gasteiger charge is -2.33. The molecule has 1 aliphatic rings.